The Morgan fingerprint density at radius 1 is 1.20 bits per heavy atom. The van der Waals surface area contributed by atoms with Crippen LogP contribution >= 0.6 is 0 Å². The van der Waals surface area contributed by atoms with Crippen molar-refractivity contribution < 1.29 is 18.5 Å². The molecule has 1 aromatic carbocycles. The molecular formula is C13H16F2N2O3. The van der Waals surface area contributed by atoms with E-state index in [1.165, 1.54) is 4.90 Å². The van der Waals surface area contributed by atoms with Crippen LogP contribution in [0.5, 0.6) is 0 Å². The van der Waals surface area contributed by atoms with Crippen LogP contribution in [0.3, 0.4) is 0 Å². The molecule has 0 unspecified atom stereocenters. The average molecular weight is 286 g/mol. The van der Waals surface area contributed by atoms with E-state index in [0.717, 1.165) is 0 Å². The van der Waals surface area contributed by atoms with Crippen molar-refractivity contribution in [3.63, 3.8) is 0 Å². The summed E-state index contributed by atoms with van der Waals surface area (Å²) in [5, 5.41) is 10.5. The van der Waals surface area contributed by atoms with Crippen LogP contribution < -0.4 is 0 Å². The minimum atomic E-state index is -1.22. The predicted octanol–water partition coefficient (Wildman–Crippen LogP) is 3.14. The molecule has 0 saturated heterocycles. The van der Waals surface area contributed by atoms with Gasteiger partial charge in [0.15, 0.2) is 0 Å². The lowest BCUT2D eigenvalue weighted by Crippen LogP contribution is -2.33. The van der Waals surface area contributed by atoms with E-state index < -0.39 is 33.7 Å². The molecule has 1 aromatic rings. The van der Waals surface area contributed by atoms with Gasteiger partial charge in [0.1, 0.15) is 5.82 Å². The van der Waals surface area contributed by atoms with Gasteiger partial charge >= 0.3 is 5.69 Å². The molecule has 0 aromatic heterocycles. The van der Waals surface area contributed by atoms with E-state index in [-0.39, 0.29) is 0 Å². The molecule has 110 valence electrons. The van der Waals surface area contributed by atoms with Gasteiger partial charge in [-0.3, -0.25) is 14.9 Å². The van der Waals surface area contributed by atoms with E-state index in [9.17, 15) is 23.7 Å². The maximum absolute atomic E-state index is 13.8. The second-order valence-corrected chi connectivity index (χ2v) is 4.33. The minimum absolute atomic E-state index is 0.421. The Bertz CT molecular complexity index is 515. The fourth-order valence-electron chi connectivity index (χ4n) is 1.87. The molecule has 0 spiro atoms. The van der Waals surface area contributed by atoms with Gasteiger partial charge in [-0.25, -0.2) is 4.39 Å². The van der Waals surface area contributed by atoms with Crippen molar-refractivity contribution in [3.8, 4) is 0 Å². The van der Waals surface area contributed by atoms with Gasteiger partial charge < -0.3 is 4.90 Å². The molecule has 0 saturated carbocycles. The molecule has 0 fully saturated rings. The van der Waals surface area contributed by atoms with Gasteiger partial charge in [0.05, 0.1) is 16.6 Å². The number of nitro benzene ring substituents is 1. The van der Waals surface area contributed by atoms with Crippen molar-refractivity contribution in [2.75, 3.05) is 13.1 Å². The summed E-state index contributed by atoms with van der Waals surface area (Å²) in [5.74, 6) is -2.95. The first-order chi connectivity index (χ1) is 9.42. The first-order valence-corrected chi connectivity index (χ1v) is 6.35. The van der Waals surface area contributed by atoms with Gasteiger partial charge in [-0.15, -0.1) is 0 Å². The zero-order chi connectivity index (χ0) is 15.3. The highest BCUT2D eigenvalue weighted by atomic mass is 19.1. The molecule has 1 amide bonds. The minimum Gasteiger partial charge on any atom is -0.339 e. The molecule has 1 rings (SSSR count). The molecule has 20 heavy (non-hydrogen) atoms. The summed E-state index contributed by atoms with van der Waals surface area (Å²) in [6.45, 7) is 4.57. The zero-order valence-corrected chi connectivity index (χ0v) is 11.4. The van der Waals surface area contributed by atoms with E-state index in [0.29, 0.717) is 38.1 Å². The quantitative estimate of drug-likeness (QED) is 0.596. The summed E-state index contributed by atoms with van der Waals surface area (Å²) in [5.41, 5.74) is -1.45. The Morgan fingerprint density at radius 2 is 1.75 bits per heavy atom. The number of carbonyl (C=O) groups is 1. The highest BCUT2D eigenvalue weighted by Gasteiger charge is 2.24. The summed E-state index contributed by atoms with van der Waals surface area (Å²) >= 11 is 0. The third kappa shape index (κ3) is 3.49. The number of amides is 1. The Hall–Kier alpha value is -2.05. The fourth-order valence-corrected chi connectivity index (χ4v) is 1.87. The topological polar surface area (TPSA) is 63.5 Å². The standard InChI is InChI=1S/C13H16F2N2O3/c1-3-5-16(6-4-2)13(18)9-7-11(15)12(17(19)20)8-10(9)14/h7-8H,3-6H2,1-2H3. The van der Waals surface area contributed by atoms with Crippen molar-refractivity contribution in [2.45, 2.75) is 26.7 Å². The van der Waals surface area contributed by atoms with E-state index in [2.05, 4.69) is 0 Å². The molecule has 0 atom stereocenters. The van der Waals surface area contributed by atoms with Crippen LogP contribution in [-0.2, 0) is 0 Å². The monoisotopic (exact) mass is 286 g/mol. The number of benzene rings is 1. The number of hydrogen-bond acceptors (Lipinski definition) is 3. The molecule has 0 heterocycles. The highest BCUT2D eigenvalue weighted by molar-refractivity contribution is 5.94. The van der Waals surface area contributed by atoms with Gasteiger partial charge in [-0.2, -0.15) is 4.39 Å². The number of nitrogens with zero attached hydrogens (tertiary/aromatic N) is 2. The molecule has 0 radical (unpaired) electrons. The summed E-state index contributed by atoms with van der Waals surface area (Å²) in [7, 11) is 0. The zero-order valence-electron chi connectivity index (χ0n) is 11.4. The van der Waals surface area contributed by atoms with Crippen molar-refractivity contribution in [3.05, 3.63) is 39.4 Å². The van der Waals surface area contributed by atoms with Crippen LogP contribution in [-0.4, -0.2) is 28.8 Å². The van der Waals surface area contributed by atoms with Crippen LogP contribution in [0.15, 0.2) is 12.1 Å². The van der Waals surface area contributed by atoms with Crippen LogP contribution in [0.25, 0.3) is 0 Å². The van der Waals surface area contributed by atoms with Crippen LogP contribution in [0.4, 0.5) is 14.5 Å². The molecule has 5 nitrogen and oxygen atoms in total. The van der Waals surface area contributed by atoms with E-state index in [1.54, 1.807) is 0 Å². The van der Waals surface area contributed by atoms with Gasteiger partial charge in [0.2, 0.25) is 5.82 Å². The second kappa shape index (κ2) is 6.93. The van der Waals surface area contributed by atoms with Gasteiger partial charge in [-0.1, -0.05) is 13.8 Å². The SMILES string of the molecule is CCCN(CCC)C(=O)c1cc(F)c([N+](=O)[O-])cc1F. The van der Waals surface area contributed by atoms with Crippen molar-refractivity contribution in [1.29, 1.82) is 0 Å². The van der Waals surface area contributed by atoms with Gasteiger partial charge in [0.25, 0.3) is 5.91 Å². The molecule has 0 N–H and O–H groups in total. The fraction of sp³-hybridized carbons (Fsp3) is 0.462. The van der Waals surface area contributed by atoms with Crippen molar-refractivity contribution >= 4 is 11.6 Å². The second-order valence-electron chi connectivity index (χ2n) is 4.33. The molecule has 0 aliphatic rings. The highest BCUT2D eigenvalue weighted by Crippen LogP contribution is 2.22. The third-order valence-electron chi connectivity index (χ3n) is 2.74. The summed E-state index contributed by atoms with van der Waals surface area (Å²) < 4.78 is 27.3. The van der Waals surface area contributed by atoms with E-state index in [1.807, 2.05) is 13.8 Å². The van der Waals surface area contributed by atoms with Crippen LogP contribution in [0, 0.1) is 21.7 Å². The van der Waals surface area contributed by atoms with Crippen LogP contribution in [0.1, 0.15) is 37.0 Å². The lowest BCUT2D eigenvalue weighted by atomic mass is 10.1. The number of nitro groups is 1. The molecule has 0 bridgehead atoms. The van der Waals surface area contributed by atoms with E-state index in [4.69, 9.17) is 0 Å². The molecule has 0 aliphatic heterocycles. The molecular weight excluding hydrogens is 270 g/mol. The number of carbonyl (C=O) groups excluding carboxylic acids is 1. The van der Waals surface area contributed by atoms with Crippen molar-refractivity contribution in [1.82, 2.24) is 4.90 Å². The largest absolute Gasteiger partial charge is 0.339 e. The Balaban J connectivity index is 3.15. The van der Waals surface area contributed by atoms with Gasteiger partial charge in [0, 0.05) is 13.1 Å². The Morgan fingerprint density at radius 3 is 2.20 bits per heavy atom. The molecule has 0 aliphatic carbocycles. The lowest BCUT2D eigenvalue weighted by molar-refractivity contribution is -0.387. The predicted molar refractivity (Wildman–Crippen MR) is 69.5 cm³/mol. The number of rotatable bonds is 6. The summed E-state index contributed by atoms with van der Waals surface area (Å²) in [6, 6.07) is 1.03. The smallest absolute Gasteiger partial charge is 0.307 e. The van der Waals surface area contributed by atoms with Crippen LogP contribution in [0.2, 0.25) is 0 Å². The number of hydrogen-bond donors (Lipinski definition) is 0. The van der Waals surface area contributed by atoms with E-state index >= 15 is 0 Å². The normalized spacial score (nSPS) is 10.4. The Labute approximate surface area is 115 Å². The van der Waals surface area contributed by atoms with Gasteiger partial charge in [-0.05, 0) is 18.9 Å². The summed E-state index contributed by atoms with van der Waals surface area (Å²) in [6.07, 6.45) is 1.37. The first-order valence-electron chi connectivity index (χ1n) is 6.35. The molecule has 7 heteroatoms. The maximum Gasteiger partial charge on any atom is 0.307 e. The number of halogens is 2. The lowest BCUT2D eigenvalue weighted by Gasteiger charge is -2.21. The summed E-state index contributed by atoms with van der Waals surface area (Å²) in [4.78, 5) is 23.0. The van der Waals surface area contributed by atoms with Crippen molar-refractivity contribution in [2.24, 2.45) is 0 Å². The maximum atomic E-state index is 13.8. The average Bonchev–Trinajstić information content (AvgIpc) is 2.39. The Kier molecular flexibility index (Phi) is 5.54. The third-order valence-corrected chi connectivity index (χ3v) is 2.74. The first kappa shape index (κ1) is 16.0.